The maximum absolute atomic E-state index is 13.3. The van der Waals surface area contributed by atoms with E-state index >= 15 is 0 Å². The molecule has 9 nitrogen and oxygen atoms in total. The molecule has 2 saturated carbocycles. The van der Waals surface area contributed by atoms with Gasteiger partial charge in [0, 0.05) is 10.8 Å². The summed E-state index contributed by atoms with van der Waals surface area (Å²) in [7, 11) is 0. The second-order valence-electron chi connectivity index (χ2n) is 19.8. The molecule has 416 valence electrons. The number of benzene rings is 4. The summed E-state index contributed by atoms with van der Waals surface area (Å²) < 4.78 is 182. The SMILES string of the molecule is C[C@@H](OCC1(c2ccccc2)CCC(C#N)(CC(=O)OCCCl)CC1)c1cc(C(F)(F)F)cc(C(F)(F)F)c1.C[C@@H](OCC1(c2ccccc2)CCC(C#N)(N2CCOC2=O)CC1)c1cc(C(F)(F)F)cc(C(F)(F)F)c1. The van der Waals surface area contributed by atoms with Crippen molar-refractivity contribution in [2.75, 3.05) is 38.9 Å². The van der Waals surface area contributed by atoms with E-state index < -0.39 is 93.0 Å². The lowest BCUT2D eigenvalue weighted by molar-refractivity contribution is -0.146. The van der Waals surface area contributed by atoms with Crippen molar-refractivity contribution >= 4 is 23.7 Å². The van der Waals surface area contributed by atoms with Crippen LogP contribution in [0.1, 0.15) is 128 Å². The Hall–Kier alpha value is -6.03. The summed E-state index contributed by atoms with van der Waals surface area (Å²) in [6.07, 6.45) is -19.7. The van der Waals surface area contributed by atoms with Crippen molar-refractivity contribution in [3.05, 3.63) is 142 Å². The van der Waals surface area contributed by atoms with Gasteiger partial charge in [-0.25, -0.2) is 4.79 Å². The minimum Gasteiger partial charge on any atom is -0.464 e. The zero-order valence-corrected chi connectivity index (χ0v) is 42.5. The topological polar surface area (TPSA) is 122 Å². The van der Waals surface area contributed by atoms with Crippen molar-refractivity contribution in [2.24, 2.45) is 5.41 Å². The van der Waals surface area contributed by atoms with Gasteiger partial charge in [0.2, 0.25) is 0 Å². The number of ether oxygens (including phenoxy) is 4. The molecule has 1 heterocycles. The predicted molar refractivity (Wildman–Crippen MR) is 256 cm³/mol. The number of hydrogen-bond acceptors (Lipinski definition) is 8. The highest BCUT2D eigenvalue weighted by molar-refractivity contribution is 6.18. The highest BCUT2D eigenvalue weighted by Gasteiger charge is 2.51. The molecule has 0 bridgehead atoms. The first-order valence-electron chi connectivity index (χ1n) is 24.4. The second kappa shape index (κ2) is 23.9. The van der Waals surface area contributed by atoms with Gasteiger partial charge in [-0.05, 0) is 124 Å². The number of halogens is 13. The highest BCUT2D eigenvalue weighted by Crippen LogP contribution is 2.51. The van der Waals surface area contributed by atoms with E-state index in [2.05, 4.69) is 12.1 Å². The number of hydrogen-bond donors (Lipinski definition) is 0. The van der Waals surface area contributed by atoms with E-state index in [0.29, 0.717) is 82.2 Å². The molecule has 0 spiro atoms. The molecular weight excluding hydrogens is 1060 g/mol. The van der Waals surface area contributed by atoms with E-state index in [1.54, 1.807) is 0 Å². The molecule has 4 aromatic carbocycles. The van der Waals surface area contributed by atoms with Crippen LogP contribution in [-0.2, 0) is 59.3 Å². The van der Waals surface area contributed by atoms with Crippen LogP contribution >= 0.6 is 11.6 Å². The van der Waals surface area contributed by atoms with Crippen molar-refractivity contribution in [1.82, 2.24) is 4.90 Å². The number of carbonyl (C=O) groups excluding carboxylic acids is 2. The van der Waals surface area contributed by atoms with Crippen molar-refractivity contribution in [3.63, 3.8) is 0 Å². The third kappa shape index (κ3) is 14.6. The van der Waals surface area contributed by atoms with Crippen LogP contribution in [0.3, 0.4) is 0 Å². The number of carbonyl (C=O) groups is 2. The molecule has 1 amide bonds. The van der Waals surface area contributed by atoms with Gasteiger partial charge in [0.1, 0.15) is 18.8 Å². The summed E-state index contributed by atoms with van der Waals surface area (Å²) in [5, 5.41) is 19.9. The number of nitriles is 2. The van der Waals surface area contributed by atoms with E-state index in [4.69, 9.17) is 30.5 Å². The lowest BCUT2D eigenvalue weighted by atomic mass is 9.61. The summed E-state index contributed by atoms with van der Waals surface area (Å²) in [5.41, 5.74) is -7.68. The van der Waals surface area contributed by atoms with Gasteiger partial charge in [0.15, 0.2) is 0 Å². The molecule has 0 aromatic heterocycles. The number of esters is 1. The Morgan fingerprint density at radius 1 is 0.623 bits per heavy atom. The second-order valence-corrected chi connectivity index (χ2v) is 20.1. The van der Waals surface area contributed by atoms with E-state index in [1.165, 1.54) is 18.7 Å². The molecule has 2 aliphatic carbocycles. The predicted octanol–water partition coefficient (Wildman–Crippen LogP) is 15.0. The van der Waals surface area contributed by atoms with E-state index in [9.17, 15) is 72.8 Å². The molecule has 3 aliphatic rings. The highest BCUT2D eigenvalue weighted by atomic mass is 35.5. The molecule has 4 aromatic rings. The quantitative estimate of drug-likeness (QED) is 0.0655. The van der Waals surface area contributed by atoms with Gasteiger partial charge in [-0.2, -0.15) is 63.2 Å². The summed E-state index contributed by atoms with van der Waals surface area (Å²) in [6.45, 7) is 3.35. The number of amides is 1. The van der Waals surface area contributed by atoms with Crippen molar-refractivity contribution < 1.29 is 81.2 Å². The zero-order valence-electron chi connectivity index (χ0n) is 41.7. The summed E-state index contributed by atoms with van der Waals surface area (Å²) in [4.78, 5) is 25.9. The van der Waals surface area contributed by atoms with Crippen molar-refractivity contribution in [1.29, 1.82) is 10.5 Å². The average Bonchev–Trinajstić information content (AvgIpc) is 3.87. The lowest BCUT2D eigenvalue weighted by Gasteiger charge is -2.46. The maximum atomic E-state index is 13.3. The lowest BCUT2D eigenvalue weighted by Crippen LogP contribution is -2.53. The Morgan fingerprint density at radius 3 is 1.34 bits per heavy atom. The Morgan fingerprint density at radius 2 is 1.01 bits per heavy atom. The third-order valence-electron chi connectivity index (χ3n) is 14.9. The van der Waals surface area contributed by atoms with Gasteiger partial charge in [0.05, 0.1) is 84.1 Å². The van der Waals surface area contributed by atoms with Crippen LogP contribution in [0.4, 0.5) is 57.5 Å². The Balaban J connectivity index is 0.000000250. The molecule has 1 aliphatic heterocycles. The third-order valence-corrected chi connectivity index (χ3v) is 15.0. The van der Waals surface area contributed by atoms with Gasteiger partial charge < -0.3 is 18.9 Å². The molecule has 0 radical (unpaired) electrons. The summed E-state index contributed by atoms with van der Waals surface area (Å²) >= 11 is 5.56. The number of alkyl halides is 13. The Labute approximate surface area is 442 Å². The van der Waals surface area contributed by atoms with Crippen LogP contribution in [0.5, 0.6) is 0 Å². The van der Waals surface area contributed by atoms with Crippen molar-refractivity contribution in [2.45, 2.75) is 125 Å². The smallest absolute Gasteiger partial charge is 0.416 e. The molecule has 77 heavy (non-hydrogen) atoms. The van der Waals surface area contributed by atoms with Gasteiger partial charge >= 0.3 is 36.8 Å². The molecule has 3 fully saturated rings. The van der Waals surface area contributed by atoms with Crippen LogP contribution < -0.4 is 0 Å². The fourth-order valence-corrected chi connectivity index (χ4v) is 10.3. The minimum atomic E-state index is -4.96. The maximum Gasteiger partial charge on any atom is 0.416 e. The van der Waals surface area contributed by atoms with E-state index in [1.807, 2.05) is 60.7 Å². The molecule has 0 N–H and O–H groups in total. The number of rotatable bonds is 15. The van der Waals surface area contributed by atoms with Crippen LogP contribution in [0.25, 0.3) is 0 Å². The van der Waals surface area contributed by atoms with E-state index in [-0.39, 0.29) is 62.0 Å². The van der Waals surface area contributed by atoms with Gasteiger partial charge in [-0.1, -0.05) is 60.7 Å². The molecular formula is C55H54ClF12N3O6. The molecule has 0 unspecified atom stereocenters. The van der Waals surface area contributed by atoms with Crippen LogP contribution in [-0.4, -0.2) is 61.4 Å². The molecule has 1 saturated heterocycles. The van der Waals surface area contributed by atoms with E-state index in [0.717, 1.165) is 11.1 Å². The van der Waals surface area contributed by atoms with Gasteiger partial charge in [0.25, 0.3) is 0 Å². The normalized spacial score (nSPS) is 23.9. The van der Waals surface area contributed by atoms with Crippen molar-refractivity contribution in [3.8, 4) is 12.1 Å². The van der Waals surface area contributed by atoms with Gasteiger partial charge in [-0.3, -0.25) is 9.69 Å². The molecule has 2 atom stereocenters. The fraction of sp³-hybridized carbons (Fsp3) is 0.491. The van der Waals surface area contributed by atoms with Gasteiger partial charge in [-0.15, -0.1) is 11.6 Å². The first-order chi connectivity index (χ1) is 36.0. The molecule has 22 heteroatoms. The van der Waals surface area contributed by atoms with Crippen LogP contribution in [0.15, 0.2) is 97.1 Å². The first-order valence-corrected chi connectivity index (χ1v) is 25.0. The average molecular weight is 1120 g/mol. The number of cyclic esters (lactones) is 1. The summed E-state index contributed by atoms with van der Waals surface area (Å²) in [6, 6.07) is 25.8. The zero-order chi connectivity index (χ0) is 56.7. The monoisotopic (exact) mass is 1120 g/mol. The van der Waals surface area contributed by atoms with Crippen LogP contribution in [0.2, 0.25) is 0 Å². The molecule has 7 rings (SSSR count). The Kier molecular flexibility index (Phi) is 18.7. The first kappa shape index (κ1) is 60.2. The number of nitrogens with zero attached hydrogens (tertiary/aromatic N) is 3. The Bertz CT molecular complexity index is 2680. The summed E-state index contributed by atoms with van der Waals surface area (Å²) in [5.74, 6) is -0.395. The fourth-order valence-electron chi connectivity index (χ4n) is 10.2. The van der Waals surface area contributed by atoms with Crippen LogP contribution in [0, 0.1) is 28.1 Å². The largest absolute Gasteiger partial charge is 0.464 e. The minimum absolute atomic E-state index is 0.00172. The standard InChI is InChI=1S/C28H28ClF6NO3.C27H26F6N2O3/c1-19(20-13-22(27(30,31)32)15-23(14-20)28(33,34)35)39-18-26(21-5-3-2-4-6-21)9-7-25(17-36,8-10-26)16-24(37)38-12-11-29;1-18(19-13-21(26(28,29)30)15-22(14-19)27(31,32)33)38-17-24(20-5-3-2-4-6-20)7-9-25(16-34,10-8-24)35-11-12-37-23(35)36/h2-6,13-15,19H,7-12,16,18H2,1H3;2-6,13-15,18H,7-12,17H2,1H3/t19-,25?,26?;18-,24?,25?/m11/s1.